The number of carbonyl (C=O) groups is 1. The highest BCUT2D eigenvalue weighted by atomic mass is 32.2. The van der Waals surface area contributed by atoms with Crippen molar-refractivity contribution in [1.29, 1.82) is 0 Å². The maximum Gasteiger partial charge on any atom is 0.316 e. The van der Waals surface area contributed by atoms with E-state index in [1.54, 1.807) is 19.1 Å². The maximum atomic E-state index is 14.8. The van der Waals surface area contributed by atoms with Crippen molar-refractivity contribution in [2.45, 2.75) is 69.6 Å². The van der Waals surface area contributed by atoms with Crippen LogP contribution in [-0.4, -0.2) is 33.9 Å². The van der Waals surface area contributed by atoms with E-state index in [0.29, 0.717) is 12.8 Å². The van der Waals surface area contributed by atoms with Crippen LogP contribution in [0.1, 0.15) is 31.7 Å². The van der Waals surface area contributed by atoms with Gasteiger partial charge >= 0.3 is 5.92 Å². The number of benzene rings is 1. The van der Waals surface area contributed by atoms with Crippen LogP contribution in [0.4, 0.5) is 8.78 Å². The van der Waals surface area contributed by atoms with Gasteiger partial charge in [0.15, 0.2) is 5.41 Å². The lowest BCUT2D eigenvalue weighted by molar-refractivity contribution is -0.139. The van der Waals surface area contributed by atoms with Gasteiger partial charge in [-0.2, -0.15) is 8.78 Å². The molecule has 0 aromatic heterocycles. The molecule has 8 heteroatoms. The van der Waals surface area contributed by atoms with E-state index in [-0.39, 0.29) is 11.3 Å². The van der Waals surface area contributed by atoms with Gasteiger partial charge in [0.2, 0.25) is 10.0 Å². The average Bonchev–Trinajstić information content (AvgIpc) is 2.50. The molecule has 0 fully saturated rings. The topological polar surface area (TPSA) is 63.2 Å². The van der Waals surface area contributed by atoms with Gasteiger partial charge in [0, 0.05) is 0 Å². The number of sulfonamides is 1. The summed E-state index contributed by atoms with van der Waals surface area (Å²) < 4.78 is 56.6. The van der Waals surface area contributed by atoms with E-state index < -0.39 is 35.5 Å². The van der Waals surface area contributed by atoms with Crippen molar-refractivity contribution in [3.8, 4) is 0 Å². The van der Waals surface area contributed by atoms with E-state index in [1.807, 2.05) is 6.92 Å². The van der Waals surface area contributed by atoms with Crippen molar-refractivity contribution in [3.05, 3.63) is 29.8 Å². The first-order valence-electron chi connectivity index (χ1n) is 8.34. The zero-order valence-corrected chi connectivity index (χ0v) is 17.2. The van der Waals surface area contributed by atoms with Gasteiger partial charge in [0.25, 0.3) is 0 Å². The number of alkyl halides is 2. The van der Waals surface area contributed by atoms with Gasteiger partial charge in [-0.05, 0) is 25.5 Å². The number of carbonyl (C=O) groups excluding carboxylic acids is 1. The highest BCUT2D eigenvalue weighted by Gasteiger charge is 2.52. The molecule has 0 saturated heterocycles. The largest absolute Gasteiger partial charge is 0.316 e. The molecule has 0 spiro atoms. The van der Waals surface area contributed by atoms with Crippen LogP contribution >= 0.6 is 0 Å². The molecule has 0 radical (unpaired) electrons. The molecule has 1 atom stereocenters. The zero-order chi connectivity index (χ0) is 19.5. The maximum absolute atomic E-state index is 14.8. The van der Waals surface area contributed by atoms with E-state index >= 15 is 0 Å². The lowest BCUT2D eigenvalue weighted by Crippen LogP contribution is -2.58. The first-order chi connectivity index (χ1) is 11.3. The lowest BCUT2D eigenvalue weighted by atomic mass is 10.1. The molecule has 1 aromatic carbocycles. The van der Waals surface area contributed by atoms with Crippen LogP contribution in [0.15, 0.2) is 29.2 Å². The zero-order valence-electron chi connectivity index (χ0n) is 15.4. The summed E-state index contributed by atoms with van der Waals surface area (Å²) in [6, 6.07) is 4.19. The normalized spacial score (nSPS) is 14.4. The third kappa shape index (κ3) is 5.69. The molecule has 1 N–H and O–H groups in total. The van der Waals surface area contributed by atoms with Gasteiger partial charge in [-0.25, -0.2) is 13.1 Å². The smallest absolute Gasteiger partial charge is 0.299 e. The number of unbranched alkanes of at least 4 members (excludes halogenated alkanes) is 1. The number of hydrogen-bond donors (Lipinski definition) is 1. The van der Waals surface area contributed by atoms with Crippen molar-refractivity contribution in [3.63, 3.8) is 0 Å². The highest BCUT2D eigenvalue weighted by Crippen LogP contribution is 2.29. The summed E-state index contributed by atoms with van der Waals surface area (Å²) in [6.45, 7) is 8.23. The molecular formula is C17H27F2NO3SSi. The Kier molecular flexibility index (Phi) is 7.06. The number of aryl methyl sites for hydroxylation is 1. The Hall–Kier alpha value is -1.12. The molecule has 1 rings (SSSR count). The Labute approximate surface area is 150 Å². The first-order valence-corrected chi connectivity index (χ1v) is 13.3. The fraction of sp³-hybridized carbons (Fsp3) is 0.588. The average molecular weight is 392 g/mol. The molecule has 0 aliphatic carbocycles. The van der Waals surface area contributed by atoms with E-state index in [2.05, 4.69) is 4.72 Å². The number of rotatable bonds is 9. The molecule has 1 unspecified atom stereocenters. The quantitative estimate of drug-likeness (QED) is 0.649. The van der Waals surface area contributed by atoms with Crippen molar-refractivity contribution >= 4 is 23.5 Å². The van der Waals surface area contributed by atoms with Crippen LogP contribution in [0.5, 0.6) is 0 Å². The summed E-state index contributed by atoms with van der Waals surface area (Å²) in [7, 11) is -6.92. The molecule has 0 bridgehead atoms. The Balaban J connectivity index is 3.18. The van der Waals surface area contributed by atoms with E-state index in [9.17, 15) is 22.0 Å². The molecule has 0 saturated carbocycles. The summed E-state index contributed by atoms with van der Waals surface area (Å²) in [4.78, 5) is 12.1. The van der Waals surface area contributed by atoms with Crippen LogP contribution in [0.25, 0.3) is 0 Å². The molecular weight excluding hydrogens is 364 g/mol. The summed E-state index contributed by atoms with van der Waals surface area (Å²) in [5.41, 5.74) is 0.862. The summed E-state index contributed by atoms with van der Waals surface area (Å²) >= 11 is 0. The highest BCUT2D eigenvalue weighted by molar-refractivity contribution is 7.89. The molecule has 25 heavy (non-hydrogen) atoms. The fourth-order valence-corrected chi connectivity index (χ4v) is 4.80. The number of hydrogen-bond acceptors (Lipinski definition) is 3. The lowest BCUT2D eigenvalue weighted by Gasteiger charge is -2.30. The third-order valence-electron chi connectivity index (χ3n) is 3.90. The van der Waals surface area contributed by atoms with E-state index in [4.69, 9.17) is 0 Å². The minimum Gasteiger partial charge on any atom is -0.299 e. The van der Waals surface area contributed by atoms with Gasteiger partial charge in [0.1, 0.15) is 8.07 Å². The van der Waals surface area contributed by atoms with Gasteiger partial charge in [-0.1, -0.05) is 57.1 Å². The molecule has 142 valence electrons. The second kappa shape index (κ2) is 8.05. The Morgan fingerprint density at radius 1 is 1.20 bits per heavy atom. The predicted molar refractivity (Wildman–Crippen MR) is 98.1 cm³/mol. The Morgan fingerprint density at radius 3 is 2.16 bits per heavy atom. The van der Waals surface area contributed by atoms with Gasteiger partial charge < -0.3 is 0 Å². The van der Waals surface area contributed by atoms with Gasteiger partial charge in [-0.15, -0.1) is 0 Å². The predicted octanol–water partition coefficient (Wildman–Crippen LogP) is 3.91. The van der Waals surface area contributed by atoms with Crippen molar-refractivity contribution in [2.75, 3.05) is 0 Å². The minimum absolute atomic E-state index is 0.0872. The van der Waals surface area contributed by atoms with Crippen LogP contribution in [-0.2, 0) is 14.8 Å². The summed E-state index contributed by atoms with van der Waals surface area (Å²) in [6.07, 6.45) is 0.931. The van der Waals surface area contributed by atoms with E-state index in [1.165, 1.54) is 31.8 Å². The summed E-state index contributed by atoms with van der Waals surface area (Å²) in [5, 5.41) is -1.13. The van der Waals surface area contributed by atoms with Crippen molar-refractivity contribution < 1.29 is 22.0 Å². The molecule has 0 aliphatic heterocycles. The van der Waals surface area contributed by atoms with Gasteiger partial charge in [0.05, 0.1) is 10.9 Å². The Morgan fingerprint density at radius 2 is 1.72 bits per heavy atom. The first kappa shape index (κ1) is 21.9. The number of nitrogens with one attached hydrogen (secondary N) is 1. The second-order valence-corrected chi connectivity index (χ2v) is 14.0. The van der Waals surface area contributed by atoms with Crippen LogP contribution in [0, 0.1) is 6.92 Å². The molecule has 4 nitrogen and oxygen atoms in total. The van der Waals surface area contributed by atoms with Crippen molar-refractivity contribution in [2.24, 2.45) is 0 Å². The van der Waals surface area contributed by atoms with E-state index in [0.717, 1.165) is 5.56 Å². The Bertz CT molecular complexity index is 698. The van der Waals surface area contributed by atoms with Crippen LogP contribution < -0.4 is 4.72 Å². The van der Waals surface area contributed by atoms with Gasteiger partial charge in [-0.3, -0.25) is 4.79 Å². The molecule has 1 aromatic rings. The van der Waals surface area contributed by atoms with Crippen LogP contribution in [0.2, 0.25) is 19.6 Å². The molecule has 0 heterocycles. The SMILES string of the molecule is CCCCC(NS(=O)(=O)c1ccc(C)cc1)C(F)(F)C(=O)[Si](C)(C)C. The standard InChI is InChI=1S/C17H27F2NO3SSi/c1-6-7-8-15(17(18,19)16(21)25(3,4)5)20-24(22,23)14-11-9-13(2)10-12-14/h9-12,15,20H,6-8H2,1-5H3. The third-order valence-corrected chi connectivity index (χ3v) is 7.08. The van der Waals surface area contributed by atoms with Crippen molar-refractivity contribution in [1.82, 2.24) is 4.72 Å². The molecule has 0 aliphatic rings. The second-order valence-electron chi connectivity index (χ2n) is 7.33. The van der Waals surface area contributed by atoms with Crippen LogP contribution in [0.3, 0.4) is 0 Å². The minimum atomic E-state index is -4.14. The number of halogens is 2. The monoisotopic (exact) mass is 391 g/mol. The summed E-state index contributed by atoms with van der Waals surface area (Å²) in [5.74, 6) is -3.72. The molecule has 0 amide bonds. The fourth-order valence-electron chi connectivity index (χ4n) is 2.35.